The van der Waals surface area contributed by atoms with Gasteiger partial charge in [-0.2, -0.15) is 0 Å². The van der Waals surface area contributed by atoms with Gasteiger partial charge < -0.3 is 9.64 Å². The average Bonchev–Trinajstić information content (AvgIpc) is 3.45. The van der Waals surface area contributed by atoms with Gasteiger partial charge in [0.05, 0.1) is 5.41 Å². The van der Waals surface area contributed by atoms with Crippen molar-refractivity contribution in [1.29, 1.82) is 0 Å². The molecule has 0 bridgehead atoms. The van der Waals surface area contributed by atoms with Crippen molar-refractivity contribution in [2.45, 2.75) is 5.41 Å². The van der Waals surface area contributed by atoms with Gasteiger partial charge in [-0.3, -0.25) is 0 Å². The highest BCUT2D eigenvalue weighted by molar-refractivity contribution is 5.94. The molecule has 0 saturated carbocycles. The van der Waals surface area contributed by atoms with Crippen LogP contribution in [0, 0.1) is 0 Å². The van der Waals surface area contributed by atoms with Gasteiger partial charge in [-0.1, -0.05) is 140 Å². The molecular formula is C47H31NO. The summed E-state index contributed by atoms with van der Waals surface area (Å²) in [6, 6.07) is 67.9. The molecule has 1 unspecified atom stereocenters. The highest BCUT2D eigenvalue weighted by atomic mass is 16.5. The first-order valence-corrected chi connectivity index (χ1v) is 16.9. The van der Waals surface area contributed by atoms with Crippen LogP contribution in [-0.4, -0.2) is 0 Å². The minimum Gasteiger partial charge on any atom is -0.457 e. The van der Waals surface area contributed by atoms with Crippen molar-refractivity contribution in [2.75, 3.05) is 4.90 Å². The smallest absolute Gasteiger partial charge is 0.132 e. The van der Waals surface area contributed by atoms with Crippen LogP contribution in [0.3, 0.4) is 0 Å². The monoisotopic (exact) mass is 625 g/mol. The van der Waals surface area contributed by atoms with Gasteiger partial charge in [0, 0.05) is 28.2 Å². The van der Waals surface area contributed by atoms with Gasteiger partial charge in [0.1, 0.15) is 11.5 Å². The van der Waals surface area contributed by atoms with Gasteiger partial charge in [-0.05, 0) is 92.7 Å². The van der Waals surface area contributed by atoms with Crippen molar-refractivity contribution in [3.63, 3.8) is 0 Å². The largest absolute Gasteiger partial charge is 0.457 e. The molecule has 1 heterocycles. The fourth-order valence-electron chi connectivity index (χ4n) is 8.29. The van der Waals surface area contributed by atoms with E-state index in [9.17, 15) is 0 Å². The minimum absolute atomic E-state index is 0.607. The second-order valence-electron chi connectivity index (χ2n) is 12.9. The highest BCUT2D eigenvalue weighted by Crippen LogP contribution is 2.64. The molecule has 2 nitrogen and oxygen atoms in total. The zero-order valence-corrected chi connectivity index (χ0v) is 26.8. The Kier molecular flexibility index (Phi) is 6.13. The molecule has 0 N–H and O–H groups in total. The van der Waals surface area contributed by atoms with E-state index in [0.29, 0.717) is 0 Å². The molecule has 0 aromatic heterocycles. The van der Waals surface area contributed by atoms with Gasteiger partial charge in [0.2, 0.25) is 0 Å². The zero-order chi connectivity index (χ0) is 32.4. The van der Waals surface area contributed by atoms with E-state index in [0.717, 1.165) is 34.1 Å². The maximum atomic E-state index is 6.80. The van der Waals surface area contributed by atoms with E-state index >= 15 is 0 Å². The Bertz CT molecular complexity index is 2540. The van der Waals surface area contributed by atoms with Crippen LogP contribution in [0.4, 0.5) is 17.1 Å². The summed E-state index contributed by atoms with van der Waals surface area (Å²) < 4.78 is 6.80. The Hall–Kier alpha value is -6.38. The quantitative estimate of drug-likeness (QED) is 0.193. The molecular weight excluding hydrogens is 595 g/mol. The summed E-state index contributed by atoms with van der Waals surface area (Å²) in [4.78, 5) is 2.39. The molecule has 1 aliphatic carbocycles. The molecule has 1 spiro atoms. The van der Waals surface area contributed by atoms with Crippen LogP contribution in [0.15, 0.2) is 188 Å². The van der Waals surface area contributed by atoms with E-state index in [-0.39, 0.29) is 0 Å². The molecule has 49 heavy (non-hydrogen) atoms. The molecule has 2 heteroatoms. The van der Waals surface area contributed by atoms with E-state index in [4.69, 9.17) is 4.74 Å². The maximum Gasteiger partial charge on any atom is 0.132 e. The lowest BCUT2D eigenvalue weighted by molar-refractivity contribution is 0.437. The minimum atomic E-state index is -0.607. The summed E-state index contributed by atoms with van der Waals surface area (Å²) in [6.45, 7) is 0. The first-order valence-electron chi connectivity index (χ1n) is 16.9. The number of para-hydroxylation sites is 2. The maximum absolute atomic E-state index is 6.80. The molecule has 8 aromatic rings. The van der Waals surface area contributed by atoms with E-state index in [1.165, 1.54) is 49.7 Å². The van der Waals surface area contributed by atoms with Crippen LogP contribution in [0.1, 0.15) is 22.3 Å². The Balaban J connectivity index is 1.30. The number of anilines is 3. The van der Waals surface area contributed by atoms with Crippen molar-refractivity contribution in [3.8, 4) is 33.8 Å². The average molecular weight is 626 g/mol. The predicted octanol–water partition coefficient (Wildman–Crippen LogP) is 12.4. The normalized spacial score (nSPS) is 15.2. The number of rotatable bonds is 4. The third kappa shape index (κ3) is 4.07. The van der Waals surface area contributed by atoms with Crippen LogP contribution >= 0.6 is 0 Å². The lowest BCUT2D eigenvalue weighted by atomic mass is 9.64. The Morgan fingerprint density at radius 2 is 0.980 bits per heavy atom. The molecule has 2 aliphatic rings. The molecule has 8 aromatic carbocycles. The first-order chi connectivity index (χ1) is 24.3. The highest BCUT2D eigenvalue weighted by Gasteiger charge is 2.52. The molecule has 0 amide bonds. The third-order valence-electron chi connectivity index (χ3n) is 10.3. The predicted molar refractivity (Wildman–Crippen MR) is 201 cm³/mol. The van der Waals surface area contributed by atoms with E-state index in [1.54, 1.807) is 0 Å². The number of nitrogens with zero attached hydrogens (tertiary/aromatic N) is 1. The van der Waals surface area contributed by atoms with Crippen LogP contribution in [0.5, 0.6) is 11.5 Å². The second kappa shape index (κ2) is 10.8. The van der Waals surface area contributed by atoms with Crippen LogP contribution < -0.4 is 9.64 Å². The Morgan fingerprint density at radius 1 is 0.367 bits per heavy atom. The number of hydrogen-bond acceptors (Lipinski definition) is 2. The molecule has 0 radical (unpaired) electrons. The number of hydrogen-bond donors (Lipinski definition) is 0. The van der Waals surface area contributed by atoms with Crippen LogP contribution in [0.2, 0.25) is 0 Å². The number of ether oxygens (including phenoxy) is 1. The fraction of sp³-hybridized carbons (Fsp3) is 0.0213. The van der Waals surface area contributed by atoms with E-state index in [2.05, 4.69) is 193 Å². The van der Waals surface area contributed by atoms with Crippen molar-refractivity contribution in [1.82, 2.24) is 0 Å². The fourth-order valence-corrected chi connectivity index (χ4v) is 8.29. The molecule has 230 valence electrons. The lowest BCUT2D eigenvalue weighted by Gasteiger charge is -2.41. The molecule has 1 atom stereocenters. The summed E-state index contributed by atoms with van der Waals surface area (Å²) in [6.07, 6.45) is 0. The molecule has 0 fully saturated rings. The summed E-state index contributed by atoms with van der Waals surface area (Å²) in [5.74, 6) is 1.78. The second-order valence-corrected chi connectivity index (χ2v) is 12.9. The van der Waals surface area contributed by atoms with Gasteiger partial charge in [0.25, 0.3) is 0 Å². The third-order valence-corrected chi connectivity index (χ3v) is 10.3. The number of fused-ring (bicyclic) bond motifs is 10. The van der Waals surface area contributed by atoms with Crippen molar-refractivity contribution in [3.05, 3.63) is 210 Å². The number of benzene rings is 8. The van der Waals surface area contributed by atoms with Crippen molar-refractivity contribution in [2.24, 2.45) is 0 Å². The topological polar surface area (TPSA) is 12.5 Å². The van der Waals surface area contributed by atoms with Gasteiger partial charge in [-0.15, -0.1) is 0 Å². The van der Waals surface area contributed by atoms with Crippen LogP contribution in [-0.2, 0) is 5.41 Å². The van der Waals surface area contributed by atoms with Gasteiger partial charge in [0.15, 0.2) is 0 Å². The lowest BCUT2D eigenvalue weighted by Crippen LogP contribution is -2.33. The SMILES string of the molecule is c1ccc(-c2cccc3c2C2(c4ccccc4O3)c3ccccc3-c3ccc(N(c4ccccc4)c4ccc5ccccc5c4)cc32)cc1. The van der Waals surface area contributed by atoms with Crippen molar-refractivity contribution >= 4 is 27.8 Å². The van der Waals surface area contributed by atoms with E-state index < -0.39 is 5.41 Å². The summed E-state index contributed by atoms with van der Waals surface area (Å²) >= 11 is 0. The first kappa shape index (κ1) is 27.7. The van der Waals surface area contributed by atoms with Crippen molar-refractivity contribution < 1.29 is 4.74 Å². The standard InChI is InChI=1S/C47H31NO/c1-3-15-33(16-4-1)38-21-13-25-45-46(38)47(42-23-11-12-24-44(42)49-45)41-22-10-9-20-39(41)40-29-28-37(31-43(40)47)48(35-18-5-2-6-19-35)36-27-26-32-14-7-8-17-34(32)30-36/h1-31H. The Labute approximate surface area is 286 Å². The van der Waals surface area contributed by atoms with Gasteiger partial charge >= 0.3 is 0 Å². The Morgan fingerprint density at radius 3 is 1.84 bits per heavy atom. The van der Waals surface area contributed by atoms with E-state index in [1.807, 2.05) is 0 Å². The molecule has 10 rings (SSSR count). The summed E-state index contributed by atoms with van der Waals surface area (Å²) in [5.41, 5.74) is 12.5. The van der Waals surface area contributed by atoms with Crippen LogP contribution in [0.25, 0.3) is 33.0 Å². The van der Waals surface area contributed by atoms with Gasteiger partial charge in [-0.25, -0.2) is 0 Å². The molecule has 0 saturated heterocycles. The molecule has 1 aliphatic heterocycles. The zero-order valence-electron chi connectivity index (χ0n) is 26.8. The summed E-state index contributed by atoms with van der Waals surface area (Å²) in [7, 11) is 0. The summed E-state index contributed by atoms with van der Waals surface area (Å²) in [5, 5.41) is 2.44.